The lowest BCUT2D eigenvalue weighted by Gasteiger charge is -2.18. The molecule has 2 atom stereocenters. The molecule has 1 heterocycles. The van der Waals surface area contributed by atoms with Gasteiger partial charge in [-0.05, 0) is 19.9 Å². The van der Waals surface area contributed by atoms with Gasteiger partial charge in [0, 0.05) is 18.2 Å². The molecular formula is C11H13N3O3. The van der Waals surface area contributed by atoms with Crippen LogP contribution in [0, 0.1) is 10.1 Å². The highest BCUT2D eigenvalue weighted by atomic mass is 16.6. The number of carbonyl (C=O) groups is 1. The SMILES string of the molecule is C[C@@H]1NC(=O)c2cccc([N+](=O)[O-])c2N[C@H]1C. The first-order valence-corrected chi connectivity index (χ1v) is 5.35. The molecule has 1 aromatic rings. The fourth-order valence-electron chi connectivity index (χ4n) is 1.80. The molecule has 1 amide bonds. The second-order valence-electron chi connectivity index (χ2n) is 4.15. The number of benzene rings is 1. The second-order valence-corrected chi connectivity index (χ2v) is 4.15. The van der Waals surface area contributed by atoms with Crippen molar-refractivity contribution in [2.24, 2.45) is 0 Å². The molecule has 0 unspecified atom stereocenters. The van der Waals surface area contributed by atoms with E-state index in [2.05, 4.69) is 10.6 Å². The Hall–Kier alpha value is -2.11. The zero-order chi connectivity index (χ0) is 12.6. The van der Waals surface area contributed by atoms with Crippen molar-refractivity contribution >= 4 is 17.3 Å². The van der Waals surface area contributed by atoms with Crippen LogP contribution in [-0.4, -0.2) is 22.9 Å². The van der Waals surface area contributed by atoms with Crippen molar-refractivity contribution in [3.05, 3.63) is 33.9 Å². The maximum absolute atomic E-state index is 11.9. The van der Waals surface area contributed by atoms with Gasteiger partial charge in [-0.25, -0.2) is 0 Å². The van der Waals surface area contributed by atoms with Crippen LogP contribution < -0.4 is 10.6 Å². The normalized spacial score (nSPS) is 23.1. The molecule has 1 aliphatic rings. The van der Waals surface area contributed by atoms with Crippen LogP contribution >= 0.6 is 0 Å². The first-order chi connectivity index (χ1) is 8.00. The van der Waals surface area contributed by atoms with Crippen molar-refractivity contribution in [3.8, 4) is 0 Å². The van der Waals surface area contributed by atoms with E-state index in [0.717, 1.165) is 0 Å². The highest BCUT2D eigenvalue weighted by Crippen LogP contribution is 2.30. The first kappa shape index (κ1) is 11.4. The Morgan fingerprint density at radius 1 is 1.24 bits per heavy atom. The third-order valence-corrected chi connectivity index (χ3v) is 2.96. The number of nitrogens with one attached hydrogen (secondary N) is 2. The predicted octanol–water partition coefficient (Wildman–Crippen LogP) is 1.53. The van der Waals surface area contributed by atoms with E-state index < -0.39 is 4.92 Å². The molecule has 0 radical (unpaired) electrons. The van der Waals surface area contributed by atoms with Crippen LogP contribution in [0.15, 0.2) is 18.2 Å². The first-order valence-electron chi connectivity index (χ1n) is 5.35. The monoisotopic (exact) mass is 235 g/mol. The van der Waals surface area contributed by atoms with Crippen molar-refractivity contribution < 1.29 is 9.72 Å². The minimum Gasteiger partial charge on any atom is -0.374 e. The van der Waals surface area contributed by atoms with E-state index in [4.69, 9.17) is 0 Å². The molecule has 0 aliphatic carbocycles. The molecule has 0 fully saturated rings. The van der Waals surface area contributed by atoms with E-state index >= 15 is 0 Å². The summed E-state index contributed by atoms with van der Waals surface area (Å²) in [6.45, 7) is 3.73. The number of nitrogens with zero attached hydrogens (tertiary/aromatic N) is 1. The smallest absolute Gasteiger partial charge is 0.293 e. The Morgan fingerprint density at radius 3 is 2.53 bits per heavy atom. The summed E-state index contributed by atoms with van der Waals surface area (Å²) in [7, 11) is 0. The maximum Gasteiger partial charge on any atom is 0.293 e. The van der Waals surface area contributed by atoms with E-state index in [-0.39, 0.29) is 23.7 Å². The molecule has 0 spiro atoms. The quantitative estimate of drug-likeness (QED) is 0.571. The number of anilines is 1. The Labute approximate surface area is 98.2 Å². The summed E-state index contributed by atoms with van der Waals surface area (Å²) in [6.07, 6.45) is 0. The zero-order valence-corrected chi connectivity index (χ0v) is 9.56. The van der Waals surface area contributed by atoms with Gasteiger partial charge in [0.25, 0.3) is 11.6 Å². The lowest BCUT2D eigenvalue weighted by atomic mass is 10.1. The molecule has 2 rings (SSSR count). The second kappa shape index (κ2) is 4.04. The van der Waals surface area contributed by atoms with Crippen molar-refractivity contribution in [2.75, 3.05) is 5.32 Å². The molecule has 0 saturated heterocycles. The predicted molar refractivity (Wildman–Crippen MR) is 63.1 cm³/mol. The van der Waals surface area contributed by atoms with Crippen LogP contribution in [0.3, 0.4) is 0 Å². The van der Waals surface area contributed by atoms with Crippen LogP contribution in [-0.2, 0) is 0 Å². The average molecular weight is 235 g/mol. The number of hydrogen-bond donors (Lipinski definition) is 2. The molecule has 17 heavy (non-hydrogen) atoms. The third kappa shape index (κ3) is 1.93. The molecule has 6 heteroatoms. The van der Waals surface area contributed by atoms with Crippen LogP contribution in [0.5, 0.6) is 0 Å². The molecule has 0 aromatic heterocycles. The van der Waals surface area contributed by atoms with Gasteiger partial charge >= 0.3 is 0 Å². The van der Waals surface area contributed by atoms with Gasteiger partial charge in [0.15, 0.2) is 0 Å². The fraction of sp³-hybridized carbons (Fsp3) is 0.364. The third-order valence-electron chi connectivity index (χ3n) is 2.96. The number of amides is 1. The van der Waals surface area contributed by atoms with E-state index in [1.54, 1.807) is 6.07 Å². The Kier molecular flexibility index (Phi) is 2.71. The summed E-state index contributed by atoms with van der Waals surface area (Å²) in [5.41, 5.74) is 0.542. The Morgan fingerprint density at radius 2 is 1.88 bits per heavy atom. The largest absolute Gasteiger partial charge is 0.374 e. The highest BCUT2D eigenvalue weighted by Gasteiger charge is 2.28. The van der Waals surface area contributed by atoms with Gasteiger partial charge in [0.2, 0.25) is 0 Å². The summed E-state index contributed by atoms with van der Waals surface area (Å²) >= 11 is 0. The van der Waals surface area contributed by atoms with Gasteiger partial charge in [-0.15, -0.1) is 0 Å². The Bertz CT molecular complexity index is 487. The summed E-state index contributed by atoms with van der Waals surface area (Å²) in [6, 6.07) is 4.33. The number of nitro groups is 1. The summed E-state index contributed by atoms with van der Waals surface area (Å²) in [5, 5.41) is 16.7. The standard InChI is InChI=1S/C11H13N3O3/c1-6-7(2)13-11(15)8-4-3-5-9(14(16)17)10(8)12-6/h3-7,12H,1-2H3,(H,13,15)/t6-,7-/m0/s1. The van der Waals surface area contributed by atoms with E-state index in [1.165, 1.54) is 12.1 Å². The topological polar surface area (TPSA) is 84.3 Å². The molecule has 1 aromatic carbocycles. The van der Waals surface area contributed by atoms with Crippen LogP contribution in [0.2, 0.25) is 0 Å². The molecule has 1 aliphatic heterocycles. The Balaban J connectivity index is 2.57. The number of fused-ring (bicyclic) bond motifs is 1. The van der Waals surface area contributed by atoms with E-state index in [0.29, 0.717) is 11.3 Å². The molecular weight excluding hydrogens is 222 g/mol. The van der Waals surface area contributed by atoms with Crippen molar-refractivity contribution in [1.29, 1.82) is 0 Å². The van der Waals surface area contributed by atoms with Gasteiger partial charge in [-0.3, -0.25) is 14.9 Å². The van der Waals surface area contributed by atoms with Gasteiger partial charge in [0.1, 0.15) is 5.69 Å². The number of para-hydroxylation sites is 1. The summed E-state index contributed by atoms with van der Waals surface area (Å²) in [4.78, 5) is 22.3. The lowest BCUT2D eigenvalue weighted by Crippen LogP contribution is -2.40. The number of nitro benzene ring substituents is 1. The van der Waals surface area contributed by atoms with E-state index in [1.807, 2.05) is 13.8 Å². The maximum atomic E-state index is 11.9. The zero-order valence-electron chi connectivity index (χ0n) is 9.56. The number of hydrogen-bond acceptors (Lipinski definition) is 4. The van der Waals surface area contributed by atoms with Gasteiger partial charge in [0.05, 0.1) is 10.5 Å². The van der Waals surface area contributed by atoms with Gasteiger partial charge < -0.3 is 10.6 Å². The molecule has 6 nitrogen and oxygen atoms in total. The number of carbonyl (C=O) groups excluding carboxylic acids is 1. The van der Waals surface area contributed by atoms with Gasteiger partial charge in [-0.2, -0.15) is 0 Å². The van der Waals surface area contributed by atoms with Crippen LogP contribution in [0.1, 0.15) is 24.2 Å². The van der Waals surface area contributed by atoms with Crippen LogP contribution in [0.25, 0.3) is 0 Å². The summed E-state index contributed by atoms with van der Waals surface area (Å²) in [5.74, 6) is -0.284. The lowest BCUT2D eigenvalue weighted by molar-refractivity contribution is -0.384. The number of rotatable bonds is 1. The fourth-order valence-corrected chi connectivity index (χ4v) is 1.80. The average Bonchev–Trinajstić information content (AvgIpc) is 2.37. The molecule has 0 saturated carbocycles. The van der Waals surface area contributed by atoms with Crippen molar-refractivity contribution in [2.45, 2.75) is 25.9 Å². The van der Waals surface area contributed by atoms with Crippen molar-refractivity contribution in [3.63, 3.8) is 0 Å². The molecule has 2 N–H and O–H groups in total. The van der Waals surface area contributed by atoms with Crippen LogP contribution in [0.4, 0.5) is 11.4 Å². The van der Waals surface area contributed by atoms with Gasteiger partial charge in [-0.1, -0.05) is 6.07 Å². The molecule has 90 valence electrons. The minimum absolute atomic E-state index is 0.0682. The van der Waals surface area contributed by atoms with E-state index in [9.17, 15) is 14.9 Å². The molecule has 0 bridgehead atoms. The van der Waals surface area contributed by atoms with Crippen molar-refractivity contribution in [1.82, 2.24) is 5.32 Å². The summed E-state index contributed by atoms with van der Waals surface area (Å²) < 4.78 is 0. The highest BCUT2D eigenvalue weighted by molar-refractivity contribution is 6.02. The minimum atomic E-state index is -0.484.